The maximum Gasteiger partial charge on any atom is 0.401 e. The first-order chi connectivity index (χ1) is 7.03. The lowest BCUT2D eigenvalue weighted by Crippen LogP contribution is -2.41. The summed E-state index contributed by atoms with van der Waals surface area (Å²) < 4.78 is 36.9. The van der Waals surface area contributed by atoms with Crippen molar-refractivity contribution in [1.82, 2.24) is 4.90 Å². The molecule has 0 aromatic carbocycles. The number of nitrogens with two attached hydrogens (primary N) is 1. The molecular formula is C10H19F3N2. The van der Waals surface area contributed by atoms with Gasteiger partial charge in [0.25, 0.3) is 0 Å². The van der Waals surface area contributed by atoms with Gasteiger partial charge in [0.05, 0.1) is 6.54 Å². The maximum atomic E-state index is 12.3. The number of hydrogen-bond acceptors (Lipinski definition) is 2. The Morgan fingerprint density at radius 3 is 2.27 bits per heavy atom. The molecule has 1 aliphatic rings. The quantitative estimate of drug-likeness (QED) is 0.775. The molecule has 0 aromatic heterocycles. The number of alkyl halides is 3. The topological polar surface area (TPSA) is 29.3 Å². The van der Waals surface area contributed by atoms with Crippen LogP contribution in [0, 0.1) is 0 Å². The van der Waals surface area contributed by atoms with Crippen molar-refractivity contribution in [2.24, 2.45) is 5.73 Å². The van der Waals surface area contributed by atoms with Gasteiger partial charge < -0.3 is 5.73 Å². The van der Waals surface area contributed by atoms with Crippen molar-refractivity contribution in [1.29, 1.82) is 0 Å². The molecule has 0 aromatic rings. The van der Waals surface area contributed by atoms with Gasteiger partial charge in [-0.25, -0.2) is 0 Å². The Morgan fingerprint density at radius 2 is 1.80 bits per heavy atom. The molecule has 0 bridgehead atoms. The molecule has 90 valence electrons. The largest absolute Gasteiger partial charge is 0.401 e. The highest BCUT2D eigenvalue weighted by atomic mass is 19.4. The number of hydrogen-bond donors (Lipinski definition) is 1. The molecular weight excluding hydrogens is 205 g/mol. The molecule has 1 aliphatic carbocycles. The lowest BCUT2D eigenvalue weighted by Gasteiger charge is -2.29. The molecule has 0 spiro atoms. The fraction of sp³-hybridized carbons (Fsp3) is 1.00. The van der Waals surface area contributed by atoms with Gasteiger partial charge in [0.15, 0.2) is 0 Å². The molecule has 2 nitrogen and oxygen atoms in total. The van der Waals surface area contributed by atoms with Crippen molar-refractivity contribution in [3.05, 3.63) is 0 Å². The van der Waals surface area contributed by atoms with Crippen LogP contribution in [0.15, 0.2) is 0 Å². The predicted octanol–water partition coefficient (Wildman–Crippen LogP) is 2.14. The van der Waals surface area contributed by atoms with Crippen molar-refractivity contribution < 1.29 is 13.2 Å². The highest BCUT2D eigenvalue weighted by molar-refractivity contribution is 4.79. The summed E-state index contributed by atoms with van der Waals surface area (Å²) in [5.74, 6) is 0. The Morgan fingerprint density at radius 1 is 1.20 bits per heavy atom. The molecule has 0 aliphatic heterocycles. The van der Waals surface area contributed by atoms with E-state index in [0.717, 1.165) is 25.7 Å². The average Bonchev–Trinajstić information content (AvgIpc) is 2.63. The SMILES string of the molecule is NCCCN(CC(F)(F)F)C1CCCC1. The van der Waals surface area contributed by atoms with Gasteiger partial charge in [0, 0.05) is 6.04 Å². The predicted molar refractivity (Wildman–Crippen MR) is 53.6 cm³/mol. The summed E-state index contributed by atoms with van der Waals surface area (Å²) in [5, 5.41) is 0. The van der Waals surface area contributed by atoms with Gasteiger partial charge in [-0.05, 0) is 32.4 Å². The number of nitrogens with zero attached hydrogens (tertiary/aromatic N) is 1. The van der Waals surface area contributed by atoms with Crippen molar-refractivity contribution >= 4 is 0 Å². The van der Waals surface area contributed by atoms with Gasteiger partial charge >= 0.3 is 6.18 Å². The first kappa shape index (κ1) is 12.8. The van der Waals surface area contributed by atoms with Gasteiger partial charge in [-0.3, -0.25) is 4.90 Å². The fourth-order valence-corrected chi connectivity index (χ4v) is 2.18. The molecule has 0 saturated heterocycles. The lowest BCUT2D eigenvalue weighted by molar-refractivity contribution is -0.150. The van der Waals surface area contributed by atoms with Crippen LogP contribution in [-0.4, -0.2) is 36.8 Å². The molecule has 0 heterocycles. The van der Waals surface area contributed by atoms with Gasteiger partial charge in [-0.15, -0.1) is 0 Å². The Balaban J connectivity index is 2.44. The van der Waals surface area contributed by atoms with Crippen molar-refractivity contribution in [2.75, 3.05) is 19.6 Å². The summed E-state index contributed by atoms with van der Waals surface area (Å²) in [6, 6.07) is 0.123. The highest BCUT2D eigenvalue weighted by Gasteiger charge is 2.34. The molecule has 0 atom stereocenters. The lowest BCUT2D eigenvalue weighted by atomic mass is 10.2. The van der Waals surface area contributed by atoms with Crippen LogP contribution in [0.1, 0.15) is 32.1 Å². The molecule has 2 N–H and O–H groups in total. The van der Waals surface area contributed by atoms with Crippen LogP contribution < -0.4 is 5.73 Å². The first-order valence-electron chi connectivity index (χ1n) is 5.54. The number of halogens is 3. The summed E-state index contributed by atoms with van der Waals surface area (Å²) in [6.07, 6.45) is 0.481. The van der Waals surface area contributed by atoms with Crippen LogP contribution >= 0.6 is 0 Å². The van der Waals surface area contributed by atoms with Crippen LogP contribution in [0.4, 0.5) is 13.2 Å². The Bertz CT molecular complexity index is 176. The minimum atomic E-state index is -4.09. The van der Waals surface area contributed by atoms with Crippen LogP contribution in [0.2, 0.25) is 0 Å². The van der Waals surface area contributed by atoms with E-state index < -0.39 is 12.7 Å². The summed E-state index contributed by atoms with van der Waals surface area (Å²) in [4.78, 5) is 1.56. The molecule has 1 rings (SSSR count). The Hall–Kier alpha value is -0.290. The van der Waals surface area contributed by atoms with E-state index in [1.165, 1.54) is 0 Å². The Labute approximate surface area is 88.6 Å². The van der Waals surface area contributed by atoms with Gasteiger partial charge in [0.2, 0.25) is 0 Å². The highest BCUT2D eigenvalue weighted by Crippen LogP contribution is 2.26. The van der Waals surface area contributed by atoms with E-state index in [0.29, 0.717) is 19.5 Å². The molecule has 0 radical (unpaired) electrons. The maximum absolute atomic E-state index is 12.3. The number of rotatable bonds is 5. The van der Waals surface area contributed by atoms with E-state index in [-0.39, 0.29) is 6.04 Å². The van der Waals surface area contributed by atoms with Crippen molar-refractivity contribution in [2.45, 2.75) is 44.3 Å². The zero-order chi connectivity index (χ0) is 11.3. The van der Waals surface area contributed by atoms with Gasteiger partial charge in [0.1, 0.15) is 0 Å². The van der Waals surface area contributed by atoms with Gasteiger partial charge in [-0.2, -0.15) is 13.2 Å². The second kappa shape index (κ2) is 5.70. The van der Waals surface area contributed by atoms with Crippen LogP contribution in [0.25, 0.3) is 0 Å². The van der Waals surface area contributed by atoms with E-state index in [9.17, 15) is 13.2 Å². The first-order valence-corrected chi connectivity index (χ1v) is 5.54. The molecule has 1 saturated carbocycles. The standard InChI is InChI=1S/C10H19F3N2/c11-10(12,13)8-15(7-3-6-14)9-4-1-2-5-9/h9H,1-8,14H2. The molecule has 15 heavy (non-hydrogen) atoms. The zero-order valence-corrected chi connectivity index (χ0v) is 8.89. The fourth-order valence-electron chi connectivity index (χ4n) is 2.18. The van der Waals surface area contributed by atoms with Crippen molar-refractivity contribution in [3.8, 4) is 0 Å². The van der Waals surface area contributed by atoms with E-state index in [1.807, 2.05) is 0 Å². The summed E-state index contributed by atoms with van der Waals surface area (Å²) in [6.45, 7) is 0.152. The van der Waals surface area contributed by atoms with Crippen molar-refractivity contribution in [3.63, 3.8) is 0 Å². The van der Waals surface area contributed by atoms with E-state index >= 15 is 0 Å². The zero-order valence-electron chi connectivity index (χ0n) is 8.89. The van der Waals surface area contributed by atoms with Crippen LogP contribution in [0.5, 0.6) is 0 Å². The smallest absolute Gasteiger partial charge is 0.330 e. The van der Waals surface area contributed by atoms with Crippen LogP contribution in [0.3, 0.4) is 0 Å². The second-order valence-corrected chi connectivity index (χ2v) is 4.17. The second-order valence-electron chi connectivity index (χ2n) is 4.17. The monoisotopic (exact) mass is 224 g/mol. The molecule has 0 amide bonds. The van der Waals surface area contributed by atoms with E-state index in [2.05, 4.69) is 0 Å². The third-order valence-corrected chi connectivity index (χ3v) is 2.87. The molecule has 1 fully saturated rings. The summed E-state index contributed by atoms with van der Waals surface area (Å²) >= 11 is 0. The molecule has 0 unspecified atom stereocenters. The third-order valence-electron chi connectivity index (χ3n) is 2.87. The minimum Gasteiger partial charge on any atom is -0.330 e. The minimum absolute atomic E-state index is 0.123. The average molecular weight is 224 g/mol. The third kappa shape index (κ3) is 4.84. The van der Waals surface area contributed by atoms with E-state index in [1.54, 1.807) is 4.90 Å². The summed E-state index contributed by atoms with van der Waals surface area (Å²) in [5.41, 5.74) is 5.33. The summed E-state index contributed by atoms with van der Waals surface area (Å²) in [7, 11) is 0. The normalized spacial score (nSPS) is 19.0. The molecule has 5 heteroatoms. The van der Waals surface area contributed by atoms with Gasteiger partial charge in [-0.1, -0.05) is 12.8 Å². The van der Waals surface area contributed by atoms with Crippen LogP contribution in [-0.2, 0) is 0 Å². The van der Waals surface area contributed by atoms with E-state index in [4.69, 9.17) is 5.73 Å². The Kier molecular flexibility index (Phi) is 4.86.